The van der Waals surface area contributed by atoms with Crippen molar-refractivity contribution in [3.05, 3.63) is 29.8 Å². The number of carbonyl (C=O) groups excluding carboxylic acids is 1. The van der Waals surface area contributed by atoms with Crippen molar-refractivity contribution in [1.29, 1.82) is 0 Å². The van der Waals surface area contributed by atoms with Crippen LogP contribution in [-0.4, -0.2) is 36.8 Å². The predicted octanol–water partition coefficient (Wildman–Crippen LogP) is 3.11. The number of nitrogens with zero attached hydrogens (tertiary/aromatic N) is 1. The molecular formula is C15H21NO2S. The maximum atomic E-state index is 12.0. The van der Waals surface area contributed by atoms with Crippen LogP contribution in [0.5, 0.6) is 5.75 Å². The normalized spacial score (nSPS) is 19.3. The van der Waals surface area contributed by atoms with Gasteiger partial charge in [0.05, 0.1) is 7.11 Å². The highest BCUT2D eigenvalue weighted by Crippen LogP contribution is 2.34. The lowest BCUT2D eigenvalue weighted by molar-refractivity contribution is -0.131. The predicted molar refractivity (Wildman–Crippen MR) is 79.7 cm³/mol. The van der Waals surface area contributed by atoms with Crippen molar-refractivity contribution in [1.82, 2.24) is 4.90 Å². The molecule has 0 radical (unpaired) electrons. The summed E-state index contributed by atoms with van der Waals surface area (Å²) < 4.78 is 5.18. The minimum Gasteiger partial charge on any atom is -0.497 e. The number of carbonyl (C=O) groups is 1. The molecule has 1 aliphatic heterocycles. The molecule has 1 unspecified atom stereocenters. The van der Waals surface area contributed by atoms with Crippen LogP contribution in [0.15, 0.2) is 24.3 Å². The van der Waals surface area contributed by atoms with E-state index in [9.17, 15) is 4.79 Å². The highest BCUT2D eigenvalue weighted by Gasteiger charge is 2.24. The molecular weight excluding hydrogens is 258 g/mol. The monoisotopic (exact) mass is 279 g/mol. The van der Waals surface area contributed by atoms with Crippen LogP contribution in [0.25, 0.3) is 0 Å². The maximum Gasteiger partial charge on any atom is 0.222 e. The Bertz CT molecular complexity index is 419. The van der Waals surface area contributed by atoms with Gasteiger partial charge in [-0.05, 0) is 24.1 Å². The molecule has 1 fully saturated rings. The Kier molecular flexibility index (Phi) is 5.14. The average Bonchev–Trinajstić information content (AvgIpc) is 2.48. The number of amides is 1. The topological polar surface area (TPSA) is 29.5 Å². The quantitative estimate of drug-likeness (QED) is 0.848. The molecule has 2 rings (SSSR count). The molecule has 19 heavy (non-hydrogen) atoms. The number of ether oxygens (including phenoxy) is 1. The molecule has 0 bridgehead atoms. The lowest BCUT2D eigenvalue weighted by Crippen LogP contribution is -2.39. The average molecular weight is 279 g/mol. The molecule has 0 aliphatic carbocycles. The third-order valence-electron chi connectivity index (χ3n) is 3.37. The van der Waals surface area contributed by atoms with E-state index in [-0.39, 0.29) is 0 Å². The van der Waals surface area contributed by atoms with Gasteiger partial charge < -0.3 is 9.64 Å². The second-order valence-corrected chi connectivity index (χ2v) is 6.03. The molecule has 1 heterocycles. The van der Waals surface area contributed by atoms with Gasteiger partial charge >= 0.3 is 0 Å². The molecule has 3 nitrogen and oxygen atoms in total. The lowest BCUT2D eigenvalue weighted by atomic mass is 10.1. The summed E-state index contributed by atoms with van der Waals surface area (Å²) in [6.07, 6.45) is 1.59. The second-order valence-electron chi connectivity index (χ2n) is 4.72. The molecule has 1 atom stereocenters. The summed E-state index contributed by atoms with van der Waals surface area (Å²) in [6, 6.07) is 8.18. The Morgan fingerprint density at radius 1 is 1.42 bits per heavy atom. The number of thioether (sulfide) groups is 1. The number of methoxy groups -OCH3 is 1. The third kappa shape index (κ3) is 3.66. The first kappa shape index (κ1) is 14.3. The summed E-state index contributed by atoms with van der Waals surface area (Å²) in [5, 5.41) is 0.389. The van der Waals surface area contributed by atoms with E-state index in [0.717, 1.165) is 31.0 Å². The van der Waals surface area contributed by atoms with E-state index < -0.39 is 0 Å². The summed E-state index contributed by atoms with van der Waals surface area (Å²) in [4.78, 5) is 14.0. The number of benzene rings is 1. The summed E-state index contributed by atoms with van der Waals surface area (Å²) in [7, 11) is 1.68. The summed E-state index contributed by atoms with van der Waals surface area (Å²) in [5.41, 5.74) is 1.28. The van der Waals surface area contributed by atoms with Gasteiger partial charge in [0, 0.05) is 30.5 Å². The fourth-order valence-corrected chi connectivity index (χ4v) is 3.51. The van der Waals surface area contributed by atoms with Gasteiger partial charge in [0.15, 0.2) is 0 Å². The minimum atomic E-state index is 0.293. The standard InChI is InChI=1S/C15H21NO2S/c1-3-4-15(17)16-9-10-19-14(11-16)12-5-7-13(18-2)8-6-12/h5-8,14H,3-4,9-11H2,1-2H3. The van der Waals surface area contributed by atoms with Crippen LogP contribution in [0.4, 0.5) is 0 Å². The minimum absolute atomic E-state index is 0.293. The second kappa shape index (κ2) is 6.85. The fraction of sp³-hybridized carbons (Fsp3) is 0.533. The van der Waals surface area contributed by atoms with Gasteiger partial charge in [0.1, 0.15) is 5.75 Å². The van der Waals surface area contributed by atoms with Crippen molar-refractivity contribution in [2.24, 2.45) is 0 Å². The smallest absolute Gasteiger partial charge is 0.222 e. The molecule has 1 amide bonds. The highest BCUT2D eigenvalue weighted by molar-refractivity contribution is 7.99. The Labute approximate surface area is 119 Å². The molecule has 1 aliphatic rings. The molecule has 0 saturated carbocycles. The first-order valence-corrected chi connectivity index (χ1v) is 7.82. The Morgan fingerprint density at radius 2 is 2.16 bits per heavy atom. The Morgan fingerprint density at radius 3 is 2.79 bits per heavy atom. The van der Waals surface area contributed by atoms with Crippen LogP contribution in [0, 0.1) is 0 Å². The number of rotatable bonds is 4. The van der Waals surface area contributed by atoms with Crippen molar-refractivity contribution in [2.45, 2.75) is 25.0 Å². The summed E-state index contributed by atoms with van der Waals surface area (Å²) in [5.74, 6) is 2.19. The fourth-order valence-electron chi connectivity index (χ4n) is 2.27. The molecule has 4 heteroatoms. The first-order valence-electron chi connectivity index (χ1n) is 6.78. The van der Waals surface area contributed by atoms with E-state index in [2.05, 4.69) is 19.1 Å². The van der Waals surface area contributed by atoms with Gasteiger partial charge in [-0.3, -0.25) is 4.79 Å². The Hall–Kier alpha value is -1.16. The van der Waals surface area contributed by atoms with Crippen molar-refractivity contribution in [3.8, 4) is 5.75 Å². The van der Waals surface area contributed by atoms with E-state index in [1.807, 2.05) is 28.8 Å². The van der Waals surface area contributed by atoms with Crippen LogP contribution in [0.2, 0.25) is 0 Å². The molecule has 0 aromatic heterocycles. The molecule has 104 valence electrons. The molecule has 1 aromatic carbocycles. The molecule has 1 aromatic rings. The Balaban J connectivity index is 2.01. The third-order valence-corrected chi connectivity index (χ3v) is 4.61. The van der Waals surface area contributed by atoms with Crippen LogP contribution in [-0.2, 0) is 4.79 Å². The largest absolute Gasteiger partial charge is 0.497 e. The van der Waals surface area contributed by atoms with Crippen LogP contribution >= 0.6 is 11.8 Å². The van der Waals surface area contributed by atoms with Crippen molar-refractivity contribution >= 4 is 17.7 Å². The maximum absolute atomic E-state index is 12.0. The van der Waals surface area contributed by atoms with Crippen LogP contribution < -0.4 is 4.74 Å². The zero-order valence-electron chi connectivity index (χ0n) is 11.6. The van der Waals surface area contributed by atoms with Crippen molar-refractivity contribution in [2.75, 3.05) is 26.0 Å². The highest BCUT2D eigenvalue weighted by atomic mass is 32.2. The van der Waals surface area contributed by atoms with Gasteiger partial charge in [-0.15, -0.1) is 0 Å². The zero-order chi connectivity index (χ0) is 13.7. The van der Waals surface area contributed by atoms with Crippen molar-refractivity contribution < 1.29 is 9.53 Å². The van der Waals surface area contributed by atoms with E-state index in [0.29, 0.717) is 17.6 Å². The van der Waals surface area contributed by atoms with E-state index in [4.69, 9.17) is 4.74 Å². The summed E-state index contributed by atoms with van der Waals surface area (Å²) >= 11 is 1.93. The van der Waals surface area contributed by atoms with Gasteiger partial charge in [-0.25, -0.2) is 0 Å². The first-order chi connectivity index (χ1) is 9.24. The van der Waals surface area contributed by atoms with Crippen molar-refractivity contribution in [3.63, 3.8) is 0 Å². The lowest BCUT2D eigenvalue weighted by Gasteiger charge is -2.32. The molecule has 0 N–H and O–H groups in total. The van der Waals surface area contributed by atoms with E-state index >= 15 is 0 Å². The van der Waals surface area contributed by atoms with Gasteiger partial charge in [-0.2, -0.15) is 11.8 Å². The zero-order valence-corrected chi connectivity index (χ0v) is 12.4. The van der Waals surface area contributed by atoms with E-state index in [1.54, 1.807) is 7.11 Å². The number of hydrogen-bond acceptors (Lipinski definition) is 3. The van der Waals surface area contributed by atoms with Gasteiger partial charge in [0.25, 0.3) is 0 Å². The summed E-state index contributed by atoms with van der Waals surface area (Å²) in [6.45, 7) is 3.77. The van der Waals surface area contributed by atoms with Crippen LogP contribution in [0.1, 0.15) is 30.6 Å². The SMILES string of the molecule is CCCC(=O)N1CCSC(c2ccc(OC)cc2)C1. The van der Waals surface area contributed by atoms with Crippen LogP contribution in [0.3, 0.4) is 0 Å². The van der Waals surface area contributed by atoms with Gasteiger partial charge in [-0.1, -0.05) is 19.1 Å². The van der Waals surface area contributed by atoms with E-state index in [1.165, 1.54) is 5.56 Å². The van der Waals surface area contributed by atoms with Gasteiger partial charge in [0.2, 0.25) is 5.91 Å². The molecule has 0 spiro atoms. The number of hydrogen-bond donors (Lipinski definition) is 0. The molecule has 1 saturated heterocycles.